The van der Waals surface area contributed by atoms with Crippen molar-refractivity contribution in [1.29, 1.82) is 0 Å². The van der Waals surface area contributed by atoms with E-state index in [1.165, 1.54) is 0 Å². The highest BCUT2D eigenvalue weighted by atomic mass is 32.2. The lowest BCUT2D eigenvalue weighted by molar-refractivity contribution is 0.268. The molecule has 110 valence electrons. The summed E-state index contributed by atoms with van der Waals surface area (Å²) >= 11 is 0. The van der Waals surface area contributed by atoms with E-state index in [4.69, 9.17) is 0 Å². The first-order valence-corrected chi connectivity index (χ1v) is 8.88. The van der Waals surface area contributed by atoms with Crippen LogP contribution in [-0.4, -0.2) is 31.9 Å². The zero-order chi connectivity index (χ0) is 14.2. The fourth-order valence-corrected chi connectivity index (χ4v) is 5.29. The van der Waals surface area contributed by atoms with E-state index >= 15 is 0 Å². The van der Waals surface area contributed by atoms with Crippen LogP contribution in [-0.2, 0) is 23.0 Å². The summed E-state index contributed by atoms with van der Waals surface area (Å²) in [5.41, 5.74) is 2.14. The summed E-state index contributed by atoms with van der Waals surface area (Å²) in [7, 11) is -3.35. The van der Waals surface area contributed by atoms with Gasteiger partial charge in [-0.15, -0.1) is 0 Å². The van der Waals surface area contributed by atoms with Gasteiger partial charge in [-0.05, 0) is 49.9 Å². The molecule has 0 spiro atoms. The molecule has 1 aromatic rings. The van der Waals surface area contributed by atoms with Crippen molar-refractivity contribution in [3.63, 3.8) is 0 Å². The third-order valence-electron chi connectivity index (χ3n) is 4.43. The number of nitrogens with zero attached hydrogens (tertiary/aromatic N) is 1. The minimum absolute atomic E-state index is 0.117. The van der Waals surface area contributed by atoms with Crippen LogP contribution < -0.4 is 5.32 Å². The third-order valence-corrected chi connectivity index (χ3v) is 6.52. The van der Waals surface area contributed by atoms with Gasteiger partial charge < -0.3 is 5.32 Å². The topological polar surface area (TPSA) is 49.4 Å². The van der Waals surface area contributed by atoms with Gasteiger partial charge in [0.2, 0.25) is 10.0 Å². The van der Waals surface area contributed by atoms with Crippen LogP contribution in [0.1, 0.15) is 37.3 Å². The molecular formula is C15H22N2O2S. The van der Waals surface area contributed by atoms with Gasteiger partial charge in [0.25, 0.3) is 0 Å². The SMILES string of the molecule is CC1CCCCN1S(=O)(=O)c1cccc2c1CCNC2. The second-order valence-corrected chi connectivity index (χ2v) is 7.64. The Morgan fingerprint density at radius 3 is 2.95 bits per heavy atom. The highest BCUT2D eigenvalue weighted by Gasteiger charge is 2.33. The van der Waals surface area contributed by atoms with Gasteiger partial charge in [0.15, 0.2) is 0 Å². The third kappa shape index (κ3) is 2.38. The molecule has 2 heterocycles. The minimum Gasteiger partial charge on any atom is -0.312 e. The number of fused-ring (bicyclic) bond motifs is 1. The molecule has 1 saturated heterocycles. The molecule has 2 aliphatic heterocycles. The average molecular weight is 294 g/mol. The summed E-state index contributed by atoms with van der Waals surface area (Å²) in [4.78, 5) is 0.533. The van der Waals surface area contributed by atoms with Crippen molar-refractivity contribution in [2.75, 3.05) is 13.1 Å². The summed E-state index contributed by atoms with van der Waals surface area (Å²) in [5.74, 6) is 0. The van der Waals surface area contributed by atoms with E-state index in [2.05, 4.69) is 5.32 Å². The molecule has 4 nitrogen and oxygen atoms in total. The van der Waals surface area contributed by atoms with Crippen LogP contribution in [0.3, 0.4) is 0 Å². The Labute approximate surface area is 121 Å². The fraction of sp³-hybridized carbons (Fsp3) is 0.600. The Kier molecular flexibility index (Phi) is 3.84. The van der Waals surface area contributed by atoms with Gasteiger partial charge in [-0.1, -0.05) is 18.6 Å². The number of benzene rings is 1. The second-order valence-electron chi connectivity index (χ2n) is 5.78. The summed E-state index contributed by atoms with van der Waals surface area (Å²) in [6.07, 6.45) is 3.87. The number of piperidine rings is 1. The summed E-state index contributed by atoms with van der Waals surface area (Å²) in [5, 5.41) is 3.30. The maximum atomic E-state index is 13.0. The van der Waals surface area contributed by atoms with Crippen LogP contribution in [0.15, 0.2) is 23.1 Å². The zero-order valence-corrected chi connectivity index (χ0v) is 12.7. The van der Waals surface area contributed by atoms with E-state index < -0.39 is 10.0 Å². The Morgan fingerprint density at radius 2 is 2.15 bits per heavy atom. The van der Waals surface area contributed by atoms with E-state index in [-0.39, 0.29) is 6.04 Å². The Bertz CT molecular complexity index is 598. The van der Waals surface area contributed by atoms with Gasteiger partial charge in [-0.25, -0.2) is 8.42 Å². The minimum atomic E-state index is -3.35. The number of hydrogen-bond acceptors (Lipinski definition) is 3. The van der Waals surface area contributed by atoms with Crippen LogP contribution in [0.2, 0.25) is 0 Å². The second kappa shape index (κ2) is 5.47. The number of hydrogen-bond donors (Lipinski definition) is 1. The molecule has 0 aromatic heterocycles. The quantitative estimate of drug-likeness (QED) is 0.906. The smallest absolute Gasteiger partial charge is 0.243 e. The predicted molar refractivity (Wildman–Crippen MR) is 79.1 cm³/mol. The van der Waals surface area contributed by atoms with Crippen molar-refractivity contribution < 1.29 is 8.42 Å². The molecule has 2 aliphatic rings. The molecule has 0 saturated carbocycles. The Morgan fingerprint density at radius 1 is 1.30 bits per heavy atom. The van der Waals surface area contributed by atoms with Crippen molar-refractivity contribution in [2.24, 2.45) is 0 Å². The molecule has 0 amide bonds. The lowest BCUT2D eigenvalue weighted by atomic mass is 10.0. The molecule has 0 radical (unpaired) electrons. The molecule has 1 fully saturated rings. The van der Waals surface area contributed by atoms with E-state index in [9.17, 15) is 8.42 Å². The van der Waals surface area contributed by atoms with Crippen LogP contribution in [0.4, 0.5) is 0 Å². The molecule has 3 rings (SSSR count). The van der Waals surface area contributed by atoms with Crippen molar-refractivity contribution in [3.05, 3.63) is 29.3 Å². The molecule has 1 unspecified atom stereocenters. The molecule has 0 aliphatic carbocycles. The highest BCUT2D eigenvalue weighted by molar-refractivity contribution is 7.89. The molecule has 1 aromatic carbocycles. The van der Waals surface area contributed by atoms with Crippen LogP contribution in [0, 0.1) is 0 Å². The highest BCUT2D eigenvalue weighted by Crippen LogP contribution is 2.29. The van der Waals surface area contributed by atoms with Gasteiger partial charge in [-0.2, -0.15) is 4.31 Å². The number of sulfonamides is 1. The summed E-state index contributed by atoms with van der Waals surface area (Å²) in [6.45, 7) is 4.31. The lowest BCUT2D eigenvalue weighted by Gasteiger charge is -2.33. The van der Waals surface area contributed by atoms with Crippen molar-refractivity contribution in [2.45, 2.75) is 50.1 Å². The van der Waals surface area contributed by atoms with Gasteiger partial charge >= 0.3 is 0 Å². The van der Waals surface area contributed by atoms with Crippen LogP contribution >= 0.6 is 0 Å². The van der Waals surface area contributed by atoms with Gasteiger partial charge in [0.05, 0.1) is 4.90 Å². The number of nitrogens with one attached hydrogen (secondary N) is 1. The standard InChI is InChI=1S/C15H22N2O2S/c1-12-5-2-3-10-17(12)20(18,19)15-7-4-6-13-11-16-9-8-14(13)15/h4,6-7,12,16H,2-3,5,8-11H2,1H3. The van der Waals surface area contributed by atoms with Crippen molar-refractivity contribution in [3.8, 4) is 0 Å². The Hall–Kier alpha value is -0.910. The Balaban J connectivity index is 2.03. The van der Waals surface area contributed by atoms with E-state index in [1.807, 2.05) is 19.1 Å². The van der Waals surface area contributed by atoms with E-state index in [0.29, 0.717) is 11.4 Å². The first kappa shape index (κ1) is 14.0. The predicted octanol–water partition coefficient (Wildman–Crippen LogP) is 1.90. The summed E-state index contributed by atoms with van der Waals surface area (Å²) < 4.78 is 27.7. The monoisotopic (exact) mass is 294 g/mol. The molecule has 1 atom stereocenters. The van der Waals surface area contributed by atoms with Crippen LogP contribution in [0.25, 0.3) is 0 Å². The van der Waals surface area contributed by atoms with Gasteiger partial charge in [0, 0.05) is 19.1 Å². The van der Waals surface area contributed by atoms with Crippen molar-refractivity contribution >= 4 is 10.0 Å². The van der Waals surface area contributed by atoms with Crippen LogP contribution in [0.5, 0.6) is 0 Å². The van der Waals surface area contributed by atoms with E-state index in [1.54, 1.807) is 10.4 Å². The molecule has 0 bridgehead atoms. The maximum absolute atomic E-state index is 13.0. The first-order valence-electron chi connectivity index (χ1n) is 7.44. The average Bonchev–Trinajstić information content (AvgIpc) is 2.47. The van der Waals surface area contributed by atoms with Gasteiger partial charge in [0.1, 0.15) is 0 Å². The molecule has 20 heavy (non-hydrogen) atoms. The first-order chi connectivity index (χ1) is 9.60. The van der Waals surface area contributed by atoms with E-state index in [0.717, 1.165) is 49.9 Å². The lowest BCUT2D eigenvalue weighted by Crippen LogP contribution is -2.42. The fourth-order valence-electron chi connectivity index (χ4n) is 3.29. The van der Waals surface area contributed by atoms with Crippen molar-refractivity contribution in [1.82, 2.24) is 9.62 Å². The summed E-state index contributed by atoms with van der Waals surface area (Å²) in [6, 6.07) is 5.79. The normalized spacial score (nSPS) is 24.4. The molecule has 5 heteroatoms. The maximum Gasteiger partial charge on any atom is 0.243 e. The molecule has 1 N–H and O–H groups in total. The van der Waals surface area contributed by atoms with Gasteiger partial charge in [-0.3, -0.25) is 0 Å². The number of rotatable bonds is 2. The largest absolute Gasteiger partial charge is 0.312 e. The zero-order valence-electron chi connectivity index (χ0n) is 11.9. The molecular weight excluding hydrogens is 272 g/mol.